The molecule has 1 aliphatic heterocycles. The quantitative estimate of drug-likeness (QED) is 0.794. The minimum absolute atomic E-state index is 0.0159. The second kappa shape index (κ2) is 7.10. The smallest absolute Gasteiger partial charge is 0.237 e. The fourth-order valence-corrected chi connectivity index (χ4v) is 2.24. The summed E-state index contributed by atoms with van der Waals surface area (Å²) in [6.07, 6.45) is 1.64. The Morgan fingerprint density at radius 2 is 1.91 bits per heavy atom. The molecule has 1 rings (SSSR count). The van der Waals surface area contributed by atoms with Crippen LogP contribution in [0.15, 0.2) is 0 Å². The molecule has 0 aromatic rings. The van der Waals surface area contributed by atoms with Gasteiger partial charge in [0.2, 0.25) is 11.8 Å². The maximum absolute atomic E-state index is 12.2. The van der Waals surface area contributed by atoms with Crippen molar-refractivity contribution in [1.82, 2.24) is 15.5 Å². The predicted octanol–water partition coefficient (Wildman–Crippen LogP) is 1.03. The lowest BCUT2D eigenvalue weighted by atomic mass is 9.95. The molecule has 22 heavy (non-hydrogen) atoms. The SMILES string of the molecule is CC(C)(CNC(=O)C(C)(C)C)NCC(=O)N1CCC[C@H]1C#N. The van der Waals surface area contributed by atoms with Crippen LogP contribution in [0, 0.1) is 16.7 Å². The first-order chi connectivity index (χ1) is 10.1. The van der Waals surface area contributed by atoms with Crippen LogP contribution >= 0.6 is 0 Å². The Morgan fingerprint density at radius 1 is 1.27 bits per heavy atom. The van der Waals surface area contributed by atoms with Gasteiger partial charge in [-0.1, -0.05) is 20.8 Å². The number of likely N-dealkylation sites (tertiary alicyclic amines) is 1. The Labute approximate surface area is 133 Å². The summed E-state index contributed by atoms with van der Waals surface area (Å²) < 4.78 is 0. The van der Waals surface area contributed by atoms with E-state index in [1.165, 1.54) is 0 Å². The fourth-order valence-electron chi connectivity index (χ4n) is 2.24. The van der Waals surface area contributed by atoms with Crippen LogP contribution in [0.1, 0.15) is 47.5 Å². The summed E-state index contributed by atoms with van der Waals surface area (Å²) in [6, 6.07) is 1.88. The molecule has 1 atom stereocenters. The summed E-state index contributed by atoms with van der Waals surface area (Å²) >= 11 is 0. The Bertz CT molecular complexity index is 460. The van der Waals surface area contributed by atoms with Gasteiger partial charge in [0, 0.05) is 24.0 Å². The van der Waals surface area contributed by atoms with Crippen molar-refractivity contribution < 1.29 is 9.59 Å². The second-order valence-corrected chi connectivity index (χ2v) is 7.54. The molecular weight excluding hydrogens is 280 g/mol. The molecule has 0 saturated carbocycles. The third-order valence-corrected chi connectivity index (χ3v) is 3.81. The molecule has 1 saturated heterocycles. The highest BCUT2D eigenvalue weighted by molar-refractivity contribution is 5.81. The van der Waals surface area contributed by atoms with Crippen LogP contribution in [0.5, 0.6) is 0 Å². The summed E-state index contributed by atoms with van der Waals surface area (Å²) in [4.78, 5) is 25.7. The lowest BCUT2D eigenvalue weighted by Gasteiger charge is -2.29. The van der Waals surface area contributed by atoms with Crippen molar-refractivity contribution in [2.75, 3.05) is 19.6 Å². The standard InChI is InChI=1S/C16H28N4O2/c1-15(2,3)14(22)18-11-16(4,5)19-10-13(21)20-8-6-7-12(20)9-17/h12,19H,6-8,10-11H2,1-5H3,(H,18,22)/t12-/m0/s1. The van der Waals surface area contributed by atoms with Crippen molar-refractivity contribution in [3.05, 3.63) is 0 Å². The average Bonchev–Trinajstić information content (AvgIpc) is 2.89. The maximum Gasteiger partial charge on any atom is 0.237 e. The molecule has 0 aromatic heterocycles. The van der Waals surface area contributed by atoms with Crippen molar-refractivity contribution in [2.24, 2.45) is 5.41 Å². The van der Waals surface area contributed by atoms with Gasteiger partial charge >= 0.3 is 0 Å². The zero-order valence-corrected chi connectivity index (χ0v) is 14.3. The van der Waals surface area contributed by atoms with Gasteiger partial charge in [-0.05, 0) is 26.7 Å². The number of carbonyl (C=O) groups excluding carboxylic acids is 2. The third-order valence-electron chi connectivity index (χ3n) is 3.81. The van der Waals surface area contributed by atoms with Crippen molar-refractivity contribution >= 4 is 11.8 Å². The molecule has 6 heteroatoms. The van der Waals surface area contributed by atoms with Crippen molar-refractivity contribution in [3.8, 4) is 6.07 Å². The second-order valence-electron chi connectivity index (χ2n) is 7.54. The van der Waals surface area contributed by atoms with E-state index < -0.39 is 11.0 Å². The number of hydrogen-bond acceptors (Lipinski definition) is 4. The highest BCUT2D eigenvalue weighted by Gasteiger charge is 2.30. The molecule has 1 heterocycles. The molecule has 0 aromatic carbocycles. The number of rotatable bonds is 5. The number of amides is 2. The minimum Gasteiger partial charge on any atom is -0.354 e. The molecule has 0 aliphatic carbocycles. The molecule has 0 bridgehead atoms. The summed E-state index contributed by atoms with van der Waals surface area (Å²) in [5.41, 5.74) is -0.820. The lowest BCUT2D eigenvalue weighted by molar-refractivity contribution is -0.130. The van der Waals surface area contributed by atoms with E-state index in [0.29, 0.717) is 13.1 Å². The Hall–Kier alpha value is -1.61. The largest absolute Gasteiger partial charge is 0.354 e. The molecule has 0 radical (unpaired) electrons. The molecule has 6 nitrogen and oxygen atoms in total. The van der Waals surface area contributed by atoms with Crippen LogP contribution in [-0.2, 0) is 9.59 Å². The van der Waals surface area contributed by atoms with Crippen molar-refractivity contribution in [1.29, 1.82) is 5.26 Å². The van der Waals surface area contributed by atoms with Crippen LogP contribution in [-0.4, -0.2) is 47.9 Å². The first kappa shape index (κ1) is 18.4. The Balaban J connectivity index is 2.43. The molecule has 0 spiro atoms. The van der Waals surface area contributed by atoms with Crippen LogP contribution in [0.4, 0.5) is 0 Å². The summed E-state index contributed by atoms with van der Waals surface area (Å²) in [7, 11) is 0. The van der Waals surface area contributed by atoms with E-state index in [1.807, 2.05) is 34.6 Å². The Kier molecular flexibility index (Phi) is 5.95. The van der Waals surface area contributed by atoms with Gasteiger partial charge in [-0.25, -0.2) is 0 Å². The van der Waals surface area contributed by atoms with Gasteiger partial charge in [-0.15, -0.1) is 0 Å². The zero-order chi connectivity index (χ0) is 17.0. The number of nitrogens with zero attached hydrogens (tertiary/aromatic N) is 2. The predicted molar refractivity (Wildman–Crippen MR) is 84.9 cm³/mol. The third kappa shape index (κ3) is 5.30. The van der Waals surface area contributed by atoms with Crippen molar-refractivity contribution in [3.63, 3.8) is 0 Å². The average molecular weight is 308 g/mol. The first-order valence-electron chi connectivity index (χ1n) is 7.79. The summed E-state index contributed by atoms with van der Waals surface area (Å²) in [5, 5.41) is 15.1. The number of hydrogen-bond donors (Lipinski definition) is 2. The molecule has 124 valence electrons. The topological polar surface area (TPSA) is 85.2 Å². The lowest BCUT2D eigenvalue weighted by Crippen LogP contribution is -2.53. The van der Waals surface area contributed by atoms with Crippen LogP contribution < -0.4 is 10.6 Å². The summed E-state index contributed by atoms with van der Waals surface area (Å²) in [5.74, 6) is -0.0722. The highest BCUT2D eigenvalue weighted by atomic mass is 16.2. The maximum atomic E-state index is 12.2. The van der Waals surface area contributed by atoms with Gasteiger partial charge in [0.15, 0.2) is 0 Å². The molecule has 2 amide bonds. The normalized spacial score (nSPS) is 18.9. The van der Waals surface area contributed by atoms with E-state index in [1.54, 1.807) is 4.90 Å². The van der Waals surface area contributed by atoms with E-state index in [4.69, 9.17) is 5.26 Å². The van der Waals surface area contributed by atoms with Gasteiger partial charge in [-0.3, -0.25) is 9.59 Å². The molecule has 0 unspecified atom stereocenters. The molecule has 2 N–H and O–H groups in total. The van der Waals surface area contributed by atoms with Crippen LogP contribution in [0.3, 0.4) is 0 Å². The zero-order valence-electron chi connectivity index (χ0n) is 14.3. The highest BCUT2D eigenvalue weighted by Crippen LogP contribution is 2.16. The van der Waals surface area contributed by atoms with Crippen LogP contribution in [0.2, 0.25) is 0 Å². The van der Waals surface area contributed by atoms with E-state index in [9.17, 15) is 9.59 Å². The summed E-state index contributed by atoms with van der Waals surface area (Å²) in [6.45, 7) is 10.7. The number of nitriles is 1. The molecule has 1 aliphatic rings. The van der Waals surface area contributed by atoms with E-state index in [2.05, 4.69) is 16.7 Å². The number of nitrogens with one attached hydrogen (secondary N) is 2. The van der Waals surface area contributed by atoms with Crippen molar-refractivity contribution in [2.45, 2.75) is 59.0 Å². The minimum atomic E-state index is -0.429. The first-order valence-corrected chi connectivity index (χ1v) is 7.79. The van der Waals surface area contributed by atoms with Gasteiger partial charge in [0.1, 0.15) is 6.04 Å². The van der Waals surface area contributed by atoms with Gasteiger partial charge < -0.3 is 15.5 Å². The molecular formula is C16H28N4O2. The van der Waals surface area contributed by atoms with E-state index in [-0.39, 0.29) is 24.4 Å². The number of carbonyl (C=O) groups is 2. The fraction of sp³-hybridized carbons (Fsp3) is 0.812. The van der Waals surface area contributed by atoms with Crippen LogP contribution in [0.25, 0.3) is 0 Å². The van der Waals surface area contributed by atoms with Gasteiger partial charge in [-0.2, -0.15) is 5.26 Å². The van der Waals surface area contributed by atoms with Gasteiger partial charge in [0.25, 0.3) is 0 Å². The molecule has 1 fully saturated rings. The van der Waals surface area contributed by atoms with Gasteiger partial charge in [0.05, 0.1) is 12.6 Å². The van der Waals surface area contributed by atoms with E-state index in [0.717, 1.165) is 12.8 Å². The monoisotopic (exact) mass is 308 g/mol. The Morgan fingerprint density at radius 3 is 2.45 bits per heavy atom. The van der Waals surface area contributed by atoms with E-state index >= 15 is 0 Å².